The largest absolute Gasteiger partial charge is 0.462 e. The Bertz CT molecular complexity index is 1190. The third-order valence-electron chi connectivity index (χ3n) is 13.1. The van der Waals surface area contributed by atoms with Crippen molar-refractivity contribution < 1.29 is 28.6 Å². The molecule has 0 aliphatic carbocycles. The smallest absolute Gasteiger partial charge is 0.306 e. The Balaban J connectivity index is 4.39. The summed E-state index contributed by atoms with van der Waals surface area (Å²) < 4.78 is 16.9. The predicted molar refractivity (Wildman–Crippen MR) is 293 cm³/mol. The fraction of sp³-hybridized carbons (Fsp3) is 0.823. The molecular weight excluding hydrogens is 841 g/mol. The molecule has 1 unspecified atom stereocenters. The first kappa shape index (κ1) is 65.4. The number of ether oxygens (including phenoxy) is 3. The molecule has 6 heteroatoms. The number of hydrogen-bond donors (Lipinski definition) is 0. The molecule has 0 aliphatic heterocycles. The SMILES string of the molecule is CCCCCCC\C=C/C=C\C=C/CCCCCCCC(=O)OCC(COC(=O)CCCCC/C=C\CCCCCCCCC)OC(=O)CCCCCCCCCCCCCCCCCCCC. The summed E-state index contributed by atoms with van der Waals surface area (Å²) in [5, 5.41) is 0. The van der Waals surface area contributed by atoms with Crippen LogP contribution in [0.25, 0.3) is 0 Å². The highest BCUT2D eigenvalue weighted by Crippen LogP contribution is 2.16. The van der Waals surface area contributed by atoms with Gasteiger partial charge >= 0.3 is 17.9 Å². The molecule has 0 heterocycles. The lowest BCUT2D eigenvalue weighted by Crippen LogP contribution is -2.30. The van der Waals surface area contributed by atoms with Crippen LogP contribution in [0.4, 0.5) is 0 Å². The summed E-state index contributed by atoms with van der Waals surface area (Å²) in [7, 11) is 0. The van der Waals surface area contributed by atoms with Crippen molar-refractivity contribution in [3.8, 4) is 0 Å². The summed E-state index contributed by atoms with van der Waals surface area (Å²) in [6.45, 7) is 6.63. The van der Waals surface area contributed by atoms with E-state index in [2.05, 4.69) is 69.4 Å². The first-order valence-corrected chi connectivity index (χ1v) is 29.7. The lowest BCUT2D eigenvalue weighted by Gasteiger charge is -2.18. The van der Waals surface area contributed by atoms with Crippen LogP contribution in [0, 0.1) is 0 Å². The molecule has 6 nitrogen and oxygen atoms in total. The van der Waals surface area contributed by atoms with Gasteiger partial charge in [0.05, 0.1) is 0 Å². The maximum atomic E-state index is 12.9. The monoisotopic (exact) mass is 953 g/mol. The minimum absolute atomic E-state index is 0.0849. The van der Waals surface area contributed by atoms with Gasteiger partial charge in [-0.1, -0.05) is 268 Å². The van der Waals surface area contributed by atoms with Crippen molar-refractivity contribution in [1.82, 2.24) is 0 Å². The molecular formula is C62H112O6. The van der Waals surface area contributed by atoms with Crippen LogP contribution in [0.1, 0.15) is 310 Å². The van der Waals surface area contributed by atoms with Crippen LogP contribution >= 0.6 is 0 Å². The van der Waals surface area contributed by atoms with Crippen LogP contribution in [0.5, 0.6) is 0 Å². The summed E-state index contributed by atoms with van der Waals surface area (Å²) >= 11 is 0. The van der Waals surface area contributed by atoms with E-state index in [0.29, 0.717) is 19.3 Å². The van der Waals surface area contributed by atoms with Crippen molar-refractivity contribution in [2.75, 3.05) is 13.2 Å². The Morgan fingerprint density at radius 2 is 0.544 bits per heavy atom. The van der Waals surface area contributed by atoms with E-state index in [0.717, 1.165) is 89.9 Å². The molecule has 0 aromatic heterocycles. The summed E-state index contributed by atoms with van der Waals surface area (Å²) in [6.07, 6.45) is 69.6. The average molecular weight is 954 g/mol. The summed E-state index contributed by atoms with van der Waals surface area (Å²) in [5.41, 5.74) is 0. The number of allylic oxidation sites excluding steroid dienone is 8. The predicted octanol–water partition coefficient (Wildman–Crippen LogP) is 19.8. The molecule has 68 heavy (non-hydrogen) atoms. The van der Waals surface area contributed by atoms with E-state index in [1.807, 2.05) is 0 Å². The van der Waals surface area contributed by atoms with Gasteiger partial charge in [0, 0.05) is 19.3 Å². The van der Waals surface area contributed by atoms with E-state index in [9.17, 15) is 14.4 Å². The Labute approximate surface area is 422 Å². The number of carbonyl (C=O) groups is 3. The Kier molecular flexibility index (Phi) is 54.8. The minimum Gasteiger partial charge on any atom is -0.462 e. The van der Waals surface area contributed by atoms with Crippen molar-refractivity contribution >= 4 is 17.9 Å². The van der Waals surface area contributed by atoms with Gasteiger partial charge < -0.3 is 14.2 Å². The van der Waals surface area contributed by atoms with Crippen molar-refractivity contribution in [3.63, 3.8) is 0 Å². The quantitative estimate of drug-likeness (QED) is 0.0199. The second-order valence-corrected chi connectivity index (χ2v) is 20.0. The van der Waals surface area contributed by atoms with Crippen LogP contribution in [0.3, 0.4) is 0 Å². The highest BCUT2D eigenvalue weighted by Gasteiger charge is 2.19. The highest BCUT2D eigenvalue weighted by atomic mass is 16.6. The average Bonchev–Trinajstić information content (AvgIpc) is 3.34. The molecule has 0 radical (unpaired) electrons. The number of hydrogen-bond acceptors (Lipinski definition) is 6. The van der Waals surface area contributed by atoms with Gasteiger partial charge in [-0.05, 0) is 70.6 Å². The van der Waals surface area contributed by atoms with Crippen molar-refractivity contribution in [3.05, 3.63) is 48.6 Å². The maximum Gasteiger partial charge on any atom is 0.306 e. The molecule has 0 saturated heterocycles. The van der Waals surface area contributed by atoms with Gasteiger partial charge in [-0.15, -0.1) is 0 Å². The maximum absolute atomic E-state index is 12.9. The molecule has 0 amide bonds. The lowest BCUT2D eigenvalue weighted by molar-refractivity contribution is -0.167. The van der Waals surface area contributed by atoms with Gasteiger partial charge in [-0.2, -0.15) is 0 Å². The number of rotatable bonds is 54. The third kappa shape index (κ3) is 54.3. The molecule has 0 bridgehead atoms. The van der Waals surface area contributed by atoms with Crippen LogP contribution in [0.2, 0.25) is 0 Å². The van der Waals surface area contributed by atoms with E-state index >= 15 is 0 Å². The minimum atomic E-state index is -0.785. The first-order chi connectivity index (χ1) is 33.5. The van der Waals surface area contributed by atoms with E-state index in [-0.39, 0.29) is 31.1 Å². The van der Waals surface area contributed by atoms with Gasteiger partial charge in [0.2, 0.25) is 0 Å². The Morgan fingerprint density at radius 3 is 0.868 bits per heavy atom. The zero-order valence-corrected chi connectivity index (χ0v) is 45.4. The van der Waals surface area contributed by atoms with Gasteiger partial charge in [0.25, 0.3) is 0 Å². The molecule has 396 valence electrons. The standard InChI is InChI=1S/C62H112O6/c1-4-7-10-13-16-19-22-25-28-30-32-34-37-40-43-46-49-52-55-61(64)67-58-59(57-66-60(63)54-51-48-45-42-39-36-27-24-21-18-15-12-9-6-3)68-62(65)56-53-50-47-44-41-38-35-33-31-29-26-23-20-17-14-11-8-5-2/h22,25,28,30,32,34,36,39,59H,4-21,23-24,26-27,29,31,33,35,37-38,40-58H2,1-3H3/b25-22-,30-28-,34-32-,39-36-. The molecule has 0 aromatic rings. The highest BCUT2D eigenvalue weighted by molar-refractivity contribution is 5.71. The van der Waals surface area contributed by atoms with E-state index < -0.39 is 6.10 Å². The molecule has 0 fully saturated rings. The second kappa shape index (κ2) is 57.0. The number of carbonyl (C=O) groups excluding carboxylic acids is 3. The van der Waals surface area contributed by atoms with Crippen LogP contribution < -0.4 is 0 Å². The zero-order valence-electron chi connectivity index (χ0n) is 45.4. The first-order valence-electron chi connectivity index (χ1n) is 29.7. The van der Waals surface area contributed by atoms with Gasteiger partial charge in [-0.25, -0.2) is 0 Å². The number of esters is 3. The molecule has 0 saturated carbocycles. The van der Waals surface area contributed by atoms with Crippen molar-refractivity contribution in [2.45, 2.75) is 316 Å². The number of unbranched alkanes of at least 4 members (excludes halogenated alkanes) is 37. The molecule has 0 spiro atoms. The molecule has 0 rings (SSSR count). The van der Waals surface area contributed by atoms with E-state index in [1.165, 1.54) is 180 Å². The normalized spacial score (nSPS) is 12.3. The van der Waals surface area contributed by atoms with Crippen LogP contribution in [-0.2, 0) is 28.6 Å². The van der Waals surface area contributed by atoms with Crippen LogP contribution in [-0.4, -0.2) is 37.2 Å². The lowest BCUT2D eigenvalue weighted by atomic mass is 10.0. The van der Waals surface area contributed by atoms with Crippen molar-refractivity contribution in [1.29, 1.82) is 0 Å². The van der Waals surface area contributed by atoms with E-state index in [1.54, 1.807) is 0 Å². The third-order valence-corrected chi connectivity index (χ3v) is 13.1. The summed E-state index contributed by atoms with van der Waals surface area (Å²) in [6, 6.07) is 0. The molecule has 1 atom stereocenters. The summed E-state index contributed by atoms with van der Waals surface area (Å²) in [5.74, 6) is -0.902. The molecule has 0 aliphatic rings. The molecule has 0 aromatic carbocycles. The zero-order chi connectivity index (χ0) is 49.3. The van der Waals surface area contributed by atoms with E-state index in [4.69, 9.17) is 14.2 Å². The fourth-order valence-corrected chi connectivity index (χ4v) is 8.62. The topological polar surface area (TPSA) is 78.9 Å². The molecule has 0 N–H and O–H groups in total. The van der Waals surface area contributed by atoms with Crippen LogP contribution in [0.15, 0.2) is 48.6 Å². The van der Waals surface area contributed by atoms with Crippen molar-refractivity contribution in [2.24, 2.45) is 0 Å². The second-order valence-electron chi connectivity index (χ2n) is 20.0. The summed E-state index contributed by atoms with van der Waals surface area (Å²) in [4.78, 5) is 38.2. The van der Waals surface area contributed by atoms with Gasteiger partial charge in [0.1, 0.15) is 13.2 Å². The van der Waals surface area contributed by atoms with Gasteiger partial charge in [-0.3, -0.25) is 14.4 Å². The fourth-order valence-electron chi connectivity index (χ4n) is 8.62. The Morgan fingerprint density at radius 1 is 0.294 bits per heavy atom. The Hall–Kier alpha value is -2.63. The van der Waals surface area contributed by atoms with Gasteiger partial charge in [0.15, 0.2) is 6.10 Å².